The number of hydrogen-bond acceptors (Lipinski definition) is 8. The first-order chi connectivity index (χ1) is 20.2. The van der Waals surface area contributed by atoms with Crippen molar-refractivity contribution in [2.24, 2.45) is 0 Å². The highest BCUT2D eigenvalue weighted by atomic mass is 16.6. The molecular weight excluding hydrogens is 540 g/mol. The van der Waals surface area contributed by atoms with Gasteiger partial charge < -0.3 is 30.2 Å². The Morgan fingerprint density at radius 1 is 0.881 bits per heavy atom. The summed E-state index contributed by atoms with van der Waals surface area (Å²) in [6.45, 7) is 6.44. The van der Waals surface area contributed by atoms with Crippen LogP contribution in [0.1, 0.15) is 23.6 Å². The van der Waals surface area contributed by atoms with Gasteiger partial charge in [-0.25, -0.2) is 0 Å². The number of ketones is 1. The Labute approximate surface area is 246 Å². The predicted molar refractivity (Wildman–Crippen MR) is 155 cm³/mol. The van der Waals surface area contributed by atoms with Gasteiger partial charge in [0.15, 0.2) is 5.78 Å². The molecule has 4 atom stereocenters. The van der Waals surface area contributed by atoms with Gasteiger partial charge in [0.2, 0.25) is 17.7 Å². The van der Waals surface area contributed by atoms with Crippen LogP contribution >= 0.6 is 0 Å². The van der Waals surface area contributed by atoms with Crippen molar-refractivity contribution in [2.75, 3.05) is 46.6 Å². The molecule has 2 aliphatic rings. The number of aryl methyl sites for hydroxylation is 1. The Kier molecular flexibility index (Phi) is 11.0. The summed E-state index contributed by atoms with van der Waals surface area (Å²) in [6, 6.07) is 12.2. The first kappa shape index (κ1) is 31.1. The van der Waals surface area contributed by atoms with E-state index in [0.29, 0.717) is 45.1 Å². The van der Waals surface area contributed by atoms with E-state index in [4.69, 9.17) is 14.2 Å². The highest BCUT2D eigenvalue weighted by Crippen LogP contribution is 2.17. The molecule has 2 saturated heterocycles. The van der Waals surface area contributed by atoms with Gasteiger partial charge in [0, 0.05) is 19.5 Å². The van der Waals surface area contributed by atoms with Crippen molar-refractivity contribution >= 4 is 23.5 Å². The third-order valence-electron chi connectivity index (χ3n) is 7.34. The molecule has 0 bridgehead atoms. The summed E-state index contributed by atoms with van der Waals surface area (Å²) < 4.78 is 15.8. The highest BCUT2D eigenvalue weighted by Gasteiger charge is 2.38. The van der Waals surface area contributed by atoms with Crippen LogP contribution in [0.4, 0.5) is 0 Å². The molecule has 2 fully saturated rings. The monoisotopic (exact) mass is 580 g/mol. The number of morpholine rings is 1. The summed E-state index contributed by atoms with van der Waals surface area (Å²) in [7, 11) is 1.56. The molecule has 0 saturated carbocycles. The lowest BCUT2D eigenvalue weighted by atomic mass is 9.98. The van der Waals surface area contributed by atoms with E-state index >= 15 is 0 Å². The zero-order chi connectivity index (χ0) is 30.1. The van der Waals surface area contributed by atoms with Gasteiger partial charge in [-0.3, -0.25) is 24.1 Å². The van der Waals surface area contributed by atoms with E-state index in [0.717, 1.165) is 16.7 Å². The van der Waals surface area contributed by atoms with E-state index in [-0.39, 0.29) is 24.7 Å². The Balaban J connectivity index is 1.45. The van der Waals surface area contributed by atoms with Gasteiger partial charge in [-0.1, -0.05) is 42.0 Å². The van der Waals surface area contributed by atoms with Crippen LogP contribution in [0, 0.1) is 6.92 Å². The van der Waals surface area contributed by atoms with Crippen molar-refractivity contribution in [3.63, 3.8) is 0 Å². The SMILES string of the molecule is COc1ccc(C[C@H](NC(=O)[C@H](C)NC(=O)CN2CCOCC2)C(=O)N[C@@H](Cc2ccc(C)cc2)C(=O)[C@H]2CO2)cc1. The van der Waals surface area contributed by atoms with Crippen molar-refractivity contribution in [3.05, 3.63) is 65.2 Å². The smallest absolute Gasteiger partial charge is 0.243 e. The molecular formula is C31H40N4O7. The van der Waals surface area contributed by atoms with Crippen molar-refractivity contribution in [3.8, 4) is 5.75 Å². The van der Waals surface area contributed by atoms with Gasteiger partial charge in [0.1, 0.15) is 23.9 Å². The zero-order valence-electron chi connectivity index (χ0n) is 24.4. The summed E-state index contributed by atoms with van der Waals surface area (Å²) in [4.78, 5) is 54.5. The van der Waals surface area contributed by atoms with Crippen LogP contribution in [-0.4, -0.2) is 99.2 Å². The Hall–Kier alpha value is -3.80. The molecule has 4 rings (SSSR count). The van der Waals surface area contributed by atoms with Gasteiger partial charge >= 0.3 is 0 Å². The van der Waals surface area contributed by atoms with Crippen LogP contribution in [0.25, 0.3) is 0 Å². The number of methoxy groups -OCH3 is 1. The number of nitrogens with zero attached hydrogens (tertiary/aromatic N) is 1. The number of carbonyl (C=O) groups excluding carboxylic acids is 4. The Bertz CT molecular complexity index is 1220. The van der Waals surface area contributed by atoms with Gasteiger partial charge in [0.25, 0.3) is 0 Å². The van der Waals surface area contributed by atoms with E-state index in [1.165, 1.54) is 0 Å². The minimum absolute atomic E-state index is 0.156. The van der Waals surface area contributed by atoms with Crippen molar-refractivity contribution in [2.45, 2.75) is 50.9 Å². The fourth-order valence-electron chi connectivity index (χ4n) is 4.71. The largest absolute Gasteiger partial charge is 0.497 e. The van der Waals surface area contributed by atoms with Gasteiger partial charge in [-0.15, -0.1) is 0 Å². The average molecular weight is 581 g/mol. The number of carbonyl (C=O) groups is 4. The van der Waals surface area contributed by atoms with Gasteiger partial charge in [-0.2, -0.15) is 0 Å². The fraction of sp³-hybridized carbons (Fsp3) is 0.484. The second kappa shape index (κ2) is 14.9. The molecule has 2 aromatic carbocycles. The topological polar surface area (TPSA) is 139 Å². The number of benzene rings is 2. The number of rotatable bonds is 14. The number of amides is 3. The number of hydrogen-bond donors (Lipinski definition) is 3. The molecule has 0 spiro atoms. The Morgan fingerprint density at radius 3 is 2.05 bits per heavy atom. The number of nitrogens with one attached hydrogen (secondary N) is 3. The van der Waals surface area contributed by atoms with Crippen LogP contribution in [0.5, 0.6) is 5.75 Å². The molecule has 0 aromatic heterocycles. The van der Waals surface area contributed by atoms with Crippen molar-refractivity contribution in [1.82, 2.24) is 20.9 Å². The minimum atomic E-state index is -1.00. The molecule has 2 aliphatic heterocycles. The molecule has 11 nitrogen and oxygen atoms in total. The molecule has 3 N–H and O–H groups in total. The molecule has 11 heteroatoms. The summed E-state index contributed by atoms with van der Waals surface area (Å²) in [5, 5.41) is 8.38. The van der Waals surface area contributed by atoms with Crippen LogP contribution in [0.3, 0.4) is 0 Å². The standard InChI is InChI=1S/C31H40N4O7/c1-20-4-6-22(7-5-20)16-25(29(37)27-19-42-27)33-31(39)26(17-23-8-10-24(40-3)11-9-23)34-30(38)21(2)32-28(36)18-35-12-14-41-15-13-35/h4-11,21,25-27H,12-19H2,1-3H3,(H,32,36)(H,33,39)(H,34,38)/t21-,25-,26-,27+/m0/s1. The second-order valence-electron chi connectivity index (χ2n) is 10.8. The third-order valence-corrected chi connectivity index (χ3v) is 7.34. The lowest BCUT2D eigenvalue weighted by molar-refractivity contribution is -0.133. The maximum absolute atomic E-state index is 13.7. The van der Waals surface area contributed by atoms with Crippen LogP contribution in [-0.2, 0) is 41.5 Å². The summed E-state index contributed by atoms with van der Waals surface area (Å²) in [5.41, 5.74) is 2.77. The van der Waals surface area contributed by atoms with Crippen molar-refractivity contribution in [1.29, 1.82) is 0 Å². The normalized spacial score (nSPS) is 18.7. The number of epoxide rings is 1. The second-order valence-corrected chi connectivity index (χ2v) is 10.8. The van der Waals surface area contributed by atoms with Crippen LogP contribution < -0.4 is 20.7 Å². The maximum atomic E-state index is 13.7. The molecule has 3 amide bonds. The molecule has 0 aliphatic carbocycles. The fourth-order valence-corrected chi connectivity index (χ4v) is 4.71. The summed E-state index contributed by atoms with van der Waals surface area (Å²) in [6.07, 6.45) is -0.0828. The predicted octanol–water partition coefficient (Wildman–Crippen LogP) is 0.563. The maximum Gasteiger partial charge on any atom is 0.243 e. The highest BCUT2D eigenvalue weighted by molar-refractivity contribution is 5.96. The van der Waals surface area contributed by atoms with E-state index in [2.05, 4.69) is 16.0 Å². The number of ether oxygens (including phenoxy) is 3. The molecule has 2 heterocycles. The van der Waals surface area contributed by atoms with E-state index in [1.54, 1.807) is 26.2 Å². The first-order valence-corrected chi connectivity index (χ1v) is 14.3. The summed E-state index contributed by atoms with van der Waals surface area (Å²) >= 11 is 0. The van der Waals surface area contributed by atoms with E-state index in [1.807, 2.05) is 48.2 Å². The van der Waals surface area contributed by atoms with Crippen LogP contribution in [0.15, 0.2) is 48.5 Å². The molecule has 2 aromatic rings. The molecule has 226 valence electrons. The lowest BCUT2D eigenvalue weighted by Gasteiger charge is -2.27. The Morgan fingerprint density at radius 2 is 1.45 bits per heavy atom. The zero-order valence-corrected chi connectivity index (χ0v) is 24.4. The molecule has 0 unspecified atom stereocenters. The quantitative estimate of drug-likeness (QED) is 0.276. The molecule has 42 heavy (non-hydrogen) atoms. The van der Waals surface area contributed by atoms with Gasteiger partial charge in [0.05, 0.1) is 39.5 Å². The average Bonchev–Trinajstić information content (AvgIpc) is 3.84. The number of Topliss-reactive ketones (excluding diaryl/α,β-unsaturated/α-hetero) is 1. The third kappa shape index (κ3) is 9.37. The molecule has 0 radical (unpaired) electrons. The summed E-state index contributed by atoms with van der Waals surface area (Å²) in [5.74, 6) is -0.845. The van der Waals surface area contributed by atoms with E-state index < -0.39 is 36.0 Å². The minimum Gasteiger partial charge on any atom is -0.497 e. The van der Waals surface area contributed by atoms with E-state index in [9.17, 15) is 19.2 Å². The first-order valence-electron chi connectivity index (χ1n) is 14.3. The lowest BCUT2D eigenvalue weighted by Crippen LogP contribution is -2.57. The van der Waals surface area contributed by atoms with Gasteiger partial charge in [-0.05, 0) is 43.5 Å². The van der Waals surface area contributed by atoms with Crippen molar-refractivity contribution < 1.29 is 33.4 Å². The van der Waals surface area contributed by atoms with Crippen LogP contribution in [0.2, 0.25) is 0 Å².